The topological polar surface area (TPSA) is 69.4 Å². The largest absolute Gasteiger partial charge is 0.468 e. The van der Waals surface area contributed by atoms with Crippen molar-refractivity contribution in [3.8, 4) is 0 Å². The normalized spacial score (nSPS) is 11.1. The molecule has 0 aliphatic heterocycles. The van der Waals surface area contributed by atoms with E-state index in [1.165, 1.54) is 13.2 Å². The van der Waals surface area contributed by atoms with Crippen molar-refractivity contribution in [1.29, 1.82) is 0 Å². The lowest BCUT2D eigenvalue weighted by Gasteiger charge is -2.21. The van der Waals surface area contributed by atoms with E-state index in [2.05, 4.69) is 4.74 Å². The highest BCUT2D eigenvalue weighted by Crippen LogP contribution is 2.29. The molecule has 0 bridgehead atoms. The van der Waals surface area contributed by atoms with Crippen LogP contribution in [0.15, 0.2) is 18.2 Å². The molecule has 6 heteroatoms. The van der Waals surface area contributed by atoms with Crippen LogP contribution in [0, 0.1) is 15.9 Å². The standard InChI is InChI=1S/C11H12FNO4/c1-11(2,10(14)17-3)7-4-5-8(12)9(6-7)13(15)16/h4-6H,1-3H3. The molecule has 1 rings (SSSR count). The molecule has 17 heavy (non-hydrogen) atoms. The van der Waals surface area contributed by atoms with Gasteiger partial charge in [0.25, 0.3) is 0 Å². The van der Waals surface area contributed by atoms with Gasteiger partial charge in [0.05, 0.1) is 17.4 Å². The summed E-state index contributed by atoms with van der Waals surface area (Å²) >= 11 is 0. The van der Waals surface area contributed by atoms with Gasteiger partial charge in [0, 0.05) is 6.07 Å². The van der Waals surface area contributed by atoms with E-state index in [4.69, 9.17) is 0 Å². The van der Waals surface area contributed by atoms with Crippen LogP contribution >= 0.6 is 0 Å². The third-order valence-electron chi connectivity index (χ3n) is 2.56. The quantitative estimate of drug-likeness (QED) is 0.462. The number of ether oxygens (including phenoxy) is 1. The van der Waals surface area contributed by atoms with E-state index in [0.29, 0.717) is 5.56 Å². The molecule has 0 saturated heterocycles. The van der Waals surface area contributed by atoms with Gasteiger partial charge in [0.2, 0.25) is 5.82 Å². The number of methoxy groups -OCH3 is 1. The predicted octanol–water partition coefficient (Wildman–Crippen LogP) is 2.18. The summed E-state index contributed by atoms with van der Waals surface area (Å²) in [6.45, 7) is 3.10. The maximum atomic E-state index is 13.1. The second-order valence-electron chi connectivity index (χ2n) is 4.04. The van der Waals surface area contributed by atoms with Crippen molar-refractivity contribution in [3.05, 3.63) is 39.7 Å². The minimum Gasteiger partial charge on any atom is -0.468 e. The maximum Gasteiger partial charge on any atom is 0.315 e. The van der Waals surface area contributed by atoms with E-state index >= 15 is 0 Å². The lowest BCUT2D eigenvalue weighted by molar-refractivity contribution is -0.387. The van der Waals surface area contributed by atoms with Crippen molar-refractivity contribution in [1.82, 2.24) is 0 Å². The summed E-state index contributed by atoms with van der Waals surface area (Å²) in [4.78, 5) is 21.3. The van der Waals surface area contributed by atoms with Crippen molar-refractivity contribution >= 4 is 11.7 Å². The third-order valence-corrected chi connectivity index (χ3v) is 2.56. The van der Waals surface area contributed by atoms with Crippen molar-refractivity contribution in [2.45, 2.75) is 19.3 Å². The fourth-order valence-electron chi connectivity index (χ4n) is 1.41. The Balaban J connectivity index is 3.29. The van der Waals surface area contributed by atoms with Gasteiger partial charge in [-0.15, -0.1) is 0 Å². The summed E-state index contributed by atoms with van der Waals surface area (Å²) in [5.74, 6) is -1.47. The van der Waals surface area contributed by atoms with Crippen LogP contribution in [0.5, 0.6) is 0 Å². The van der Waals surface area contributed by atoms with Crippen LogP contribution in [0.4, 0.5) is 10.1 Å². The molecule has 5 nitrogen and oxygen atoms in total. The number of nitro groups is 1. The number of nitrogens with zero attached hydrogens (tertiary/aromatic N) is 1. The average Bonchev–Trinajstić information content (AvgIpc) is 2.27. The molecule has 0 saturated carbocycles. The van der Waals surface area contributed by atoms with Crippen molar-refractivity contribution in [2.75, 3.05) is 7.11 Å². The maximum absolute atomic E-state index is 13.1. The fourth-order valence-corrected chi connectivity index (χ4v) is 1.41. The Bertz CT molecular complexity index is 471. The molecule has 0 unspecified atom stereocenters. The number of carbonyl (C=O) groups excluding carboxylic acids is 1. The van der Waals surface area contributed by atoms with Crippen LogP contribution in [0.2, 0.25) is 0 Å². The highest BCUT2D eigenvalue weighted by molar-refractivity contribution is 5.82. The van der Waals surface area contributed by atoms with E-state index in [1.807, 2.05) is 0 Å². The summed E-state index contributed by atoms with van der Waals surface area (Å²) in [5.41, 5.74) is -1.38. The first-order chi connectivity index (χ1) is 7.80. The highest BCUT2D eigenvalue weighted by Gasteiger charge is 2.32. The molecule has 92 valence electrons. The van der Waals surface area contributed by atoms with E-state index in [0.717, 1.165) is 12.1 Å². The second-order valence-corrected chi connectivity index (χ2v) is 4.04. The van der Waals surface area contributed by atoms with Gasteiger partial charge in [-0.3, -0.25) is 14.9 Å². The summed E-state index contributed by atoms with van der Waals surface area (Å²) in [7, 11) is 1.22. The zero-order valence-electron chi connectivity index (χ0n) is 9.69. The lowest BCUT2D eigenvalue weighted by Crippen LogP contribution is -2.30. The number of carbonyl (C=O) groups is 1. The summed E-state index contributed by atoms with van der Waals surface area (Å²) in [6, 6.07) is 3.35. The molecular weight excluding hydrogens is 229 g/mol. The van der Waals surface area contributed by atoms with Crippen molar-refractivity contribution in [2.24, 2.45) is 0 Å². The van der Waals surface area contributed by atoms with E-state index < -0.39 is 27.8 Å². The Kier molecular flexibility index (Phi) is 3.45. The molecule has 0 spiro atoms. The average molecular weight is 241 g/mol. The van der Waals surface area contributed by atoms with Gasteiger partial charge in [0.1, 0.15) is 0 Å². The minimum absolute atomic E-state index is 0.331. The zero-order valence-corrected chi connectivity index (χ0v) is 9.69. The molecule has 1 aromatic rings. The first-order valence-electron chi connectivity index (χ1n) is 4.83. The summed E-state index contributed by atoms with van der Waals surface area (Å²) in [5, 5.41) is 10.6. The molecule has 0 heterocycles. The Hall–Kier alpha value is -1.98. The number of rotatable bonds is 3. The Labute approximate surface area is 97.3 Å². The number of hydrogen-bond donors (Lipinski definition) is 0. The van der Waals surface area contributed by atoms with Gasteiger partial charge in [0.15, 0.2) is 0 Å². The van der Waals surface area contributed by atoms with E-state index in [-0.39, 0.29) is 0 Å². The predicted molar refractivity (Wildman–Crippen MR) is 58.1 cm³/mol. The summed E-state index contributed by atoms with van der Waals surface area (Å²) in [6.07, 6.45) is 0. The highest BCUT2D eigenvalue weighted by atomic mass is 19.1. The number of hydrogen-bond acceptors (Lipinski definition) is 4. The Morgan fingerprint density at radius 1 is 1.47 bits per heavy atom. The molecular formula is C11H12FNO4. The van der Waals surface area contributed by atoms with Gasteiger partial charge in [-0.1, -0.05) is 6.07 Å². The molecule has 0 aliphatic rings. The zero-order chi connectivity index (χ0) is 13.2. The lowest BCUT2D eigenvalue weighted by atomic mass is 9.84. The third kappa shape index (κ3) is 2.41. The summed E-state index contributed by atoms with van der Waals surface area (Å²) < 4.78 is 17.7. The van der Waals surface area contributed by atoms with Crippen LogP contribution in [-0.2, 0) is 14.9 Å². The van der Waals surface area contributed by atoms with Gasteiger partial charge in [-0.2, -0.15) is 4.39 Å². The van der Waals surface area contributed by atoms with E-state index in [9.17, 15) is 19.3 Å². The Morgan fingerprint density at radius 3 is 2.53 bits per heavy atom. The second kappa shape index (κ2) is 4.48. The molecule has 0 fully saturated rings. The molecule has 0 N–H and O–H groups in total. The van der Waals surface area contributed by atoms with Crippen molar-refractivity contribution < 1.29 is 18.8 Å². The van der Waals surface area contributed by atoms with Crippen molar-refractivity contribution in [3.63, 3.8) is 0 Å². The molecule has 0 aliphatic carbocycles. The van der Waals surface area contributed by atoms with E-state index in [1.54, 1.807) is 13.8 Å². The first-order valence-corrected chi connectivity index (χ1v) is 4.83. The smallest absolute Gasteiger partial charge is 0.315 e. The number of benzene rings is 1. The van der Waals surface area contributed by atoms with Crippen LogP contribution in [0.25, 0.3) is 0 Å². The van der Waals surface area contributed by atoms with Crippen LogP contribution in [0.3, 0.4) is 0 Å². The number of esters is 1. The molecule has 1 aromatic carbocycles. The van der Waals surface area contributed by atoms with Crippen LogP contribution < -0.4 is 0 Å². The molecule has 0 atom stereocenters. The number of nitro benzene ring substituents is 1. The fraction of sp³-hybridized carbons (Fsp3) is 0.364. The van der Waals surface area contributed by atoms with Crippen LogP contribution in [0.1, 0.15) is 19.4 Å². The molecule has 0 radical (unpaired) electrons. The minimum atomic E-state index is -1.06. The van der Waals surface area contributed by atoms with Gasteiger partial charge in [-0.25, -0.2) is 0 Å². The molecule has 0 amide bonds. The molecule has 0 aromatic heterocycles. The number of halogens is 1. The Morgan fingerprint density at radius 2 is 2.06 bits per heavy atom. The first kappa shape index (κ1) is 13.1. The van der Waals surface area contributed by atoms with Gasteiger partial charge < -0.3 is 4.74 Å². The monoisotopic (exact) mass is 241 g/mol. The van der Waals surface area contributed by atoms with Gasteiger partial charge in [-0.05, 0) is 25.5 Å². The van der Waals surface area contributed by atoms with Gasteiger partial charge >= 0.3 is 11.7 Å². The SMILES string of the molecule is COC(=O)C(C)(C)c1ccc(F)c([N+](=O)[O-])c1. The van der Waals surface area contributed by atoms with Crippen LogP contribution in [-0.4, -0.2) is 18.0 Å².